The SMILES string of the molecule is O=C1OC(=O)c2c1ccc(C(=O)O)c2-c1ccccc1-c1c(C(=O)O)ccc2c1C(=O)OC2=O. The number of esters is 4. The topological polar surface area (TPSA) is 161 Å². The van der Waals surface area contributed by atoms with Gasteiger partial charge >= 0.3 is 35.8 Å². The minimum Gasteiger partial charge on any atom is -0.478 e. The van der Waals surface area contributed by atoms with Crippen LogP contribution in [0, 0.1) is 0 Å². The molecule has 0 fully saturated rings. The average molecular weight is 458 g/mol. The molecule has 3 aromatic carbocycles. The van der Waals surface area contributed by atoms with Gasteiger partial charge in [0.25, 0.3) is 0 Å². The molecule has 0 radical (unpaired) electrons. The van der Waals surface area contributed by atoms with Crippen molar-refractivity contribution in [3.63, 3.8) is 0 Å². The van der Waals surface area contributed by atoms with E-state index in [1.54, 1.807) is 0 Å². The summed E-state index contributed by atoms with van der Waals surface area (Å²) in [7, 11) is 0. The largest absolute Gasteiger partial charge is 0.478 e. The van der Waals surface area contributed by atoms with E-state index in [1.165, 1.54) is 24.3 Å². The number of cyclic esters (lactones) is 4. The van der Waals surface area contributed by atoms with E-state index in [-0.39, 0.29) is 55.6 Å². The second-order valence-electron chi connectivity index (χ2n) is 7.33. The highest BCUT2D eigenvalue weighted by Gasteiger charge is 2.38. The maximum atomic E-state index is 12.5. The Labute approximate surface area is 189 Å². The third kappa shape index (κ3) is 2.82. The summed E-state index contributed by atoms with van der Waals surface area (Å²) in [5, 5.41) is 19.6. The van der Waals surface area contributed by atoms with Gasteiger partial charge in [0.15, 0.2) is 0 Å². The van der Waals surface area contributed by atoms with Crippen LogP contribution >= 0.6 is 0 Å². The molecule has 0 spiro atoms. The highest BCUT2D eigenvalue weighted by atomic mass is 16.6. The fraction of sp³-hybridized carbons (Fsp3) is 0. The lowest BCUT2D eigenvalue weighted by Gasteiger charge is -2.17. The minimum absolute atomic E-state index is 0.0337. The van der Waals surface area contributed by atoms with Gasteiger partial charge in [0.1, 0.15) is 0 Å². The van der Waals surface area contributed by atoms with Crippen molar-refractivity contribution in [3.8, 4) is 22.3 Å². The molecular formula is C24H10O10. The zero-order valence-corrected chi connectivity index (χ0v) is 16.8. The average Bonchev–Trinajstić information content (AvgIpc) is 3.26. The Kier molecular flexibility index (Phi) is 4.40. The van der Waals surface area contributed by atoms with Crippen LogP contribution in [0.1, 0.15) is 62.1 Å². The lowest BCUT2D eigenvalue weighted by molar-refractivity contribution is 0.0426. The molecule has 0 saturated heterocycles. The van der Waals surface area contributed by atoms with Crippen LogP contribution in [0.4, 0.5) is 0 Å². The number of carbonyl (C=O) groups excluding carboxylic acids is 4. The fourth-order valence-corrected chi connectivity index (χ4v) is 4.19. The van der Waals surface area contributed by atoms with E-state index in [2.05, 4.69) is 9.47 Å². The van der Waals surface area contributed by atoms with Gasteiger partial charge in [-0.15, -0.1) is 0 Å². The van der Waals surface area contributed by atoms with Gasteiger partial charge in [-0.2, -0.15) is 0 Å². The molecule has 2 heterocycles. The summed E-state index contributed by atoms with van der Waals surface area (Å²) in [5.41, 5.74) is -1.97. The van der Waals surface area contributed by atoms with E-state index in [0.29, 0.717) is 0 Å². The van der Waals surface area contributed by atoms with Gasteiger partial charge in [-0.05, 0) is 35.4 Å². The van der Waals surface area contributed by atoms with Gasteiger partial charge in [-0.25, -0.2) is 28.8 Å². The fourth-order valence-electron chi connectivity index (χ4n) is 4.19. The first kappa shape index (κ1) is 20.8. The molecule has 0 bridgehead atoms. The Hall–Kier alpha value is -5.12. The summed E-state index contributed by atoms with van der Waals surface area (Å²) >= 11 is 0. The van der Waals surface area contributed by atoms with Crippen molar-refractivity contribution in [3.05, 3.63) is 81.9 Å². The van der Waals surface area contributed by atoms with Crippen LogP contribution in [0.5, 0.6) is 0 Å². The van der Waals surface area contributed by atoms with Crippen molar-refractivity contribution in [1.82, 2.24) is 0 Å². The number of hydrogen-bond donors (Lipinski definition) is 2. The third-order valence-electron chi connectivity index (χ3n) is 5.56. The molecule has 10 nitrogen and oxygen atoms in total. The van der Waals surface area contributed by atoms with Crippen LogP contribution in [-0.2, 0) is 9.47 Å². The molecule has 2 aliphatic heterocycles. The second kappa shape index (κ2) is 7.20. The van der Waals surface area contributed by atoms with Gasteiger partial charge in [0.2, 0.25) is 0 Å². The molecule has 0 unspecified atom stereocenters. The molecule has 166 valence electrons. The number of carboxylic acids is 2. The molecule has 0 aliphatic carbocycles. The van der Waals surface area contributed by atoms with Crippen molar-refractivity contribution in [1.29, 1.82) is 0 Å². The van der Waals surface area contributed by atoms with Crippen molar-refractivity contribution < 1.29 is 48.5 Å². The summed E-state index contributed by atoms with van der Waals surface area (Å²) in [6.45, 7) is 0. The van der Waals surface area contributed by atoms with Crippen LogP contribution in [0.2, 0.25) is 0 Å². The molecule has 0 aromatic heterocycles. The van der Waals surface area contributed by atoms with E-state index >= 15 is 0 Å². The van der Waals surface area contributed by atoms with E-state index < -0.39 is 35.8 Å². The Morgan fingerprint density at radius 2 is 0.882 bits per heavy atom. The van der Waals surface area contributed by atoms with Crippen LogP contribution in [0.15, 0.2) is 48.5 Å². The number of hydrogen-bond acceptors (Lipinski definition) is 8. The van der Waals surface area contributed by atoms with Gasteiger partial charge in [0.05, 0.1) is 33.4 Å². The summed E-state index contributed by atoms with van der Waals surface area (Å²) in [6.07, 6.45) is 0. The highest BCUT2D eigenvalue weighted by Crippen LogP contribution is 2.43. The first-order valence-electron chi connectivity index (χ1n) is 9.64. The summed E-state index contributed by atoms with van der Waals surface area (Å²) < 4.78 is 9.32. The number of fused-ring (bicyclic) bond motifs is 2. The monoisotopic (exact) mass is 458 g/mol. The second-order valence-corrected chi connectivity index (χ2v) is 7.33. The van der Waals surface area contributed by atoms with Crippen LogP contribution in [0.3, 0.4) is 0 Å². The molecule has 0 amide bonds. The quantitative estimate of drug-likeness (QED) is 0.439. The number of rotatable bonds is 4. The molecule has 2 N–H and O–H groups in total. The van der Waals surface area contributed by atoms with Crippen molar-refractivity contribution in [2.24, 2.45) is 0 Å². The molecule has 3 aromatic rings. The number of aromatic carboxylic acids is 2. The minimum atomic E-state index is -1.42. The Morgan fingerprint density at radius 3 is 1.24 bits per heavy atom. The van der Waals surface area contributed by atoms with Crippen LogP contribution in [-0.4, -0.2) is 46.0 Å². The smallest absolute Gasteiger partial charge is 0.347 e. The number of benzene rings is 3. The van der Waals surface area contributed by atoms with Gasteiger partial charge in [0, 0.05) is 11.1 Å². The number of carbonyl (C=O) groups is 6. The van der Waals surface area contributed by atoms with Crippen molar-refractivity contribution in [2.45, 2.75) is 0 Å². The normalized spacial score (nSPS) is 13.9. The lowest BCUT2D eigenvalue weighted by atomic mass is 9.83. The third-order valence-corrected chi connectivity index (χ3v) is 5.56. The van der Waals surface area contributed by atoms with Gasteiger partial charge in [-0.3, -0.25) is 0 Å². The van der Waals surface area contributed by atoms with Gasteiger partial charge in [-0.1, -0.05) is 24.3 Å². The zero-order chi connectivity index (χ0) is 24.3. The van der Waals surface area contributed by atoms with E-state index in [9.17, 15) is 39.0 Å². The maximum Gasteiger partial charge on any atom is 0.347 e. The summed E-state index contributed by atoms with van der Waals surface area (Å²) in [5.74, 6) is -6.91. The first-order chi connectivity index (χ1) is 16.2. The van der Waals surface area contributed by atoms with Crippen molar-refractivity contribution in [2.75, 3.05) is 0 Å². The Balaban J connectivity index is 1.93. The van der Waals surface area contributed by atoms with Crippen LogP contribution in [0.25, 0.3) is 22.3 Å². The molecule has 10 heteroatoms. The van der Waals surface area contributed by atoms with E-state index in [4.69, 9.17) is 0 Å². The van der Waals surface area contributed by atoms with Crippen LogP contribution < -0.4 is 0 Å². The predicted molar refractivity (Wildman–Crippen MR) is 111 cm³/mol. The predicted octanol–water partition coefficient (Wildman–Crippen LogP) is 3.04. The standard InChI is InChI=1S/C24H10O10/c25-19(26)11-5-7-13-17(23(31)33-21(13)29)15(11)9-3-1-2-4-10(9)16-12(20(27)28)6-8-14-18(16)24(32)34-22(14)30/h1-8H,(H,25,26)(H,27,28). The van der Waals surface area contributed by atoms with Gasteiger partial charge < -0.3 is 19.7 Å². The Bertz CT molecular complexity index is 1410. The lowest BCUT2D eigenvalue weighted by Crippen LogP contribution is -2.09. The molecule has 5 rings (SSSR count). The number of ether oxygens (including phenoxy) is 2. The maximum absolute atomic E-state index is 12.5. The highest BCUT2D eigenvalue weighted by molar-refractivity contribution is 6.23. The van der Waals surface area contributed by atoms with E-state index in [0.717, 1.165) is 24.3 Å². The van der Waals surface area contributed by atoms with E-state index in [1.807, 2.05) is 0 Å². The molecule has 2 aliphatic rings. The molecule has 0 atom stereocenters. The summed E-state index contributed by atoms with van der Waals surface area (Å²) in [4.78, 5) is 73.3. The first-order valence-corrected chi connectivity index (χ1v) is 9.64. The Morgan fingerprint density at radius 1 is 0.500 bits per heavy atom. The molecule has 0 saturated carbocycles. The number of carboxylic acid groups (broad SMARTS) is 2. The molecular weight excluding hydrogens is 448 g/mol. The molecule has 34 heavy (non-hydrogen) atoms. The summed E-state index contributed by atoms with van der Waals surface area (Å²) in [6, 6.07) is 10.4. The zero-order valence-electron chi connectivity index (χ0n) is 16.8. The van der Waals surface area contributed by atoms with Crippen molar-refractivity contribution >= 4 is 35.8 Å².